The number of rotatable bonds is 1. The Labute approximate surface area is 121 Å². The van der Waals surface area contributed by atoms with Gasteiger partial charge in [-0.1, -0.05) is 58.4 Å². The van der Waals surface area contributed by atoms with Crippen LogP contribution in [0.3, 0.4) is 0 Å². The monoisotopic (exact) mass is 315 g/mol. The molecular formula is C16H14BrNO. The molecule has 1 heterocycles. The molecule has 2 aromatic rings. The number of ether oxygens (including phenoxy) is 1. The van der Waals surface area contributed by atoms with Crippen LogP contribution >= 0.6 is 15.9 Å². The van der Waals surface area contributed by atoms with Crippen LogP contribution in [0, 0.1) is 0 Å². The average Bonchev–Trinajstić information content (AvgIpc) is 2.62. The molecule has 19 heavy (non-hydrogen) atoms. The van der Waals surface area contributed by atoms with Gasteiger partial charge in [-0.15, -0.1) is 0 Å². The molecule has 0 saturated heterocycles. The minimum atomic E-state index is 0.179. The predicted molar refractivity (Wildman–Crippen MR) is 81.5 cm³/mol. The van der Waals surface area contributed by atoms with Gasteiger partial charge in [-0.25, -0.2) is 0 Å². The predicted octanol–water partition coefficient (Wildman–Crippen LogP) is 4.11. The molecule has 0 amide bonds. The largest absolute Gasteiger partial charge is 0.487 e. The van der Waals surface area contributed by atoms with Crippen LogP contribution in [0.2, 0.25) is 0 Å². The first-order valence-corrected chi connectivity index (χ1v) is 6.98. The standard InChI is InChI=1S/C16H14BrNO/c17-12-9-14-13(11-5-2-1-3-6-11)7-4-8-19-16(14)15(18)10-12/h1-7,9-10,13H,8,18H2. The first-order chi connectivity index (χ1) is 9.25. The van der Waals surface area contributed by atoms with E-state index in [4.69, 9.17) is 10.5 Å². The van der Waals surface area contributed by atoms with E-state index in [9.17, 15) is 0 Å². The van der Waals surface area contributed by atoms with Gasteiger partial charge >= 0.3 is 0 Å². The van der Waals surface area contributed by atoms with Crippen LogP contribution in [-0.4, -0.2) is 6.61 Å². The number of anilines is 1. The minimum absolute atomic E-state index is 0.179. The third-order valence-electron chi connectivity index (χ3n) is 3.26. The molecule has 0 spiro atoms. The van der Waals surface area contributed by atoms with E-state index in [1.165, 1.54) is 5.56 Å². The number of halogens is 1. The molecule has 0 saturated carbocycles. The second kappa shape index (κ2) is 5.10. The third kappa shape index (κ3) is 2.38. The summed E-state index contributed by atoms with van der Waals surface area (Å²) >= 11 is 3.51. The first kappa shape index (κ1) is 12.3. The summed E-state index contributed by atoms with van der Waals surface area (Å²) in [6.45, 7) is 0.558. The second-order valence-electron chi connectivity index (χ2n) is 4.54. The Balaban J connectivity index is 2.18. The number of nitrogen functional groups attached to an aromatic ring is 1. The smallest absolute Gasteiger partial charge is 0.146 e. The molecule has 0 bridgehead atoms. The maximum absolute atomic E-state index is 6.07. The fourth-order valence-electron chi connectivity index (χ4n) is 2.41. The van der Waals surface area contributed by atoms with Crippen LogP contribution in [0.25, 0.3) is 0 Å². The van der Waals surface area contributed by atoms with E-state index in [2.05, 4.69) is 52.3 Å². The lowest BCUT2D eigenvalue weighted by Gasteiger charge is -2.17. The molecule has 0 aliphatic carbocycles. The molecule has 2 N–H and O–H groups in total. The van der Waals surface area contributed by atoms with Gasteiger partial charge in [0.25, 0.3) is 0 Å². The molecule has 1 aliphatic rings. The Morgan fingerprint density at radius 2 is 1.95 bits per heavy atom. The molecule has 1 atom stereocenters. The van der Waals surface area contributed by atoms with E-state index < -0.39 is 0 Å². The van der Waals surface area contributed by atoms with E-state index in [-0.39, 0.29) is 5.92 Å². The van der Waals surface area contributed by atoms with Crippen molar-refractivity contribution in [2.75, 3.05) is 12.3 Å². The highest BCUT2D eigenvalue weighted by Gasteiger charge is 2.20. The normalized spacial score (nSPS) is 17.4. The number of benzene rings is 2. The third-order valence-corrected chi connectivity index (χ3v) is 3.72. The van der Waals surface area contributed by atoms with Crippen LogP contribution < -0.4 is 10.5 Å². The maximum atomic E-state index is 6.07. The van der Waals surface area contributed by atoms with Crippen molar-refractivity contribution in [3.8, 4) is 5.75 Å². The van der Waals surface area contributed by atoms with Crippen molar-refractivity contribution >= 4 is 21.6 Å². The number of hydrogen-bond donors (Lipinski definition) is 1. The van der Waals surface area contributed by atoms with Gasteiger partial charge in [0.15, 0.2) is 0 Å². The van der Waals surface area contributed by atoms with Crippen molar-refractivity contribution in [3.63, 3.8) is 0 Å². The van der Waals surface area contributed by atoms with E-state index >= 15 is 0 Å². The summed E-state index contributed by atoms with van der Waals surface area (Å²) in [5.41, 5.74) is 9.09. The highest BCUT2D eigenvalue weighted by Crippen LogP contribution is 2.40. The van der Waals surface area contributed by atoms with Gasteiger partial charge in [-0.05, 0) is 17.7 Å². The molecule has 3 heteroatoms. The summed E-state index contributed by atoms with van der Waals surface area (Å²) in [5, 5.41) is 0. The molecule has 0 fully saturated rings. The van der Waals surface area contributed by atoms with E-state index in [1.807, 2.05) is 18.2 Å². The lowest BCUT2D eigenvalue weighted by molar-refractivity contribution is 0.364. The highest BCUT2D eigenvalue weighted by molar-refractivity contribution is 9.10. The van der Waals surface area contributed by atoms with Gasteiger partial charge in [-0.2, -0.15) is 0 Å². The summed E-state index contributed by atoms with van der Waals surface area (Å²) in [6, 6.07) is 14.3. The van der Waals surface area contributed by atoms with Crippen LogP contribution in [0.5, 0.6) is 5.75 Å². The lowest BCUT2D eigenvalue weighted by atomic mass is 9.90. The van der Waals surface area contributed by atoms with Crippen LogP contribution in [0.15, 0.2) is 59.1 Å². The molecule has 0 aromatic heterocycles. The fraction of sp³-hybridized carbons (Fsp3) is 0.125. The molecule has 1 aliphatic heterocycles. The van der Waals surface area contributed by atoms with Gasteiger partial charge in [0.1, 0.15) is 12.4 Å². The van der Waals surface area contributed by atoms with E-state index in [1.54, 1.807) is 0 Å². The Hall–Kier alpha value is -1.74. The first-order valence-electron chi connectivity index (χ1n) is 6.19. The molecule has 2 nitrogen and oxygen atoms in total. The zero-order chi connectivity index (χ0) is 13.2. The average molecular weight is 316 g/mol. The Kier molecular flexibility index (Phi) is 3.30. The SMILES string of the molecule is Nc1cc(Br)cc2c1OCC=CC2c1ccccc1. The summed E-state index contributed by atoms with van der Waals surface area (Å²) in [5.74, 6) is 0.973. The van der Waals surface area contributed by atoms with Gasteiger partial charge in [0.05, 0.1) is 5.69 Å². The summed E-state index contributed by atoms with van der Waals surface area (Å²) in [7, 11) is 0. The van der Waals surface area contributed by atoms with Crippen LogP contribution in [0.4, 0.5) is 5.69 Å². The molecule has 3 rings (SSSR count). The Morgan fingerprint density at radius 1 is 1.16 bits per heavy atom. The van der Waals surface area contributed by atoms with Crippen molar-refractivity contribution in [2.45, 2.75) is 5.92 Å². The number of allylic oxidation sites excluding steroid dienone is 1. The van der Waals surface area contributed by atoms with Crippen molar-refractivity contribution in [3.05, 3.63) is 70.2 Å². The lowest BCUT2D eigenvalue weighted by Crippen LogP contribution is -2.03. The van der Waals surface area contributed by atoms with Gasteiger partial charge in [0.2, 0.25) is 0 Å². The van der Waals surface area contributed by atoms with Crippen LogP contribution in [0.1, 0.15) is 17.0 Å². The maximum Gasteiger partial charge on any atom is 0.146 e. The van der Waals surface area contributed by atoms with Crippen molar-refractivity contribution in [2.24, 2.45) is 0 Å². The van der Waals surface area contributed by atoms with Crippen molar-refractivity contribution in [1.82, 2.24) is 0 Å². The molecule has 2 aromatic carbocycles. The molecule has 0 radical (unpaired) electrons. The van der Waals surface area contributed by atoms with Gasteiger partial charge < -0.3 is 10.5 Å². The number of fused-ring (bicyclic) bond motifs is 1. The Bertz CT molecular complexity index is 622. The van der Waals surface area contributed by atoms with Crippen molar-refractivity contribution in [1.29, 1.82) is 0 Å². The molecule has 96 valence electrons. The number of nitrogens with two attached hydrogens (primary N) is 1. The zero-order valence-corrected chi connectivity index (χ0v) is 11.9. The number of hydrogen-bond acceptors (Lipinski definition) is 2. The van der Waals surface area contributed by atoms with Gasteiger partial charge in [-0.3, -0.25) is 0 Å². The van der Waals surface area contributed by atoms with Crippen LogP contribution in [-0.2, 0) is 0 Å². The quantitative estimate of drug-likeness (QED) is 0.635. The van der Waals surface area contributed by atoms with E-state index in [0.29, 0.717) is 12.3 Å². The second-order valence-corrected chi connectivity index (χ2v) is 5.46. The topological polar surface area (TPSA) is 35.2 Å². The molecule has 1 unspecified atom stereocenters. The summed E-state index contributed by atoms with van der Waals surface area (Å²) in [6.07, 6.45) is 4.22. The van der Waals surface area contributed by atoms with Gasteiger partial charge in [0, 0.05) is 16.0 Å². The Morgan fingerprint density at radius 3 is 2.74 bits per heavy atom. The van der Waals surface area contributed by atoms with Crippen molar-refractivity contribution < 1.29 is 4.74 Å². The minimum Gasteiger partial charge on any atom is -0.487 e. The summed E-state index contributed by atoms with van der Waals surface area (Å²) in [4.78, 5) is 0. The van der Waals surface area contributed by atoms with E-state index in [0.717, 1.165) is 15.8 Å². The molecular weight excluding hydrogens is 302 g/mol. The highest BCUT2D eigenvalue weighted by atomic mass is 79.9. The summed E-state index contributed by atoms with van der Waals surface area (Å²) < 4.78 is 6.73. The zero-order valence-electron chi connectivity index (χ0n) is 10.3. The fourth-order valence-corrected chi connectivity index (χ4v) is 2.91.